The van der Waals surface area contributed by atoms with E-state index in [0.717, 1.165) is 11.8 Å². The number of amides is 2. The molecule has 5 N–H and O–H groups in total. The number of likely N-dealkylation sites (N-methyl/N-ethyl adjacent to an activating group) is 1. The highest BCUT2D eigenvalue weighted by Crippen LogP contribution is 2.29. The number of nitrogens with two attached hydrogens (primary N) is 1. The largest absolute Gasteiger partial charge is 0.481 e. The van der Waals surface area contributed by atoms with Gasteiger partial charge in [-0.15, -0.1) is 0 Å². The summed E-state index contributed by atoms with van der Waals surface area (Å²) in [6, 6.07) is -0.564. The van der Waals surface area contributed by atoms with Crippen molar-refractivity contribution in [2.24, 2.45) is 17.6 Å². The van der Waals surface area contributed by atoms with Crippen LogP contribution in [0.2, 0.25) is 0 Å². The maximum absolute atomic E-state index is 12.6. The molecule has 27 heavy (non-hydrogen) atoms. The highest BCUT2D eigenvalue weighted by molar-refractivity contribution is 8.14. The van der Waals surface area contributed by atoms with E-state index in [0.29, 0.717) is 32.2 Å². The smallest absolute Gasteiger partial charge is 0.304 e. The molecular formula is C18H33N3O5S. The topological polar surface area (TPSA) is 139 Å². The molecule has 8 nitrogen and oxygen atoms in total. The van der Waals surface area contributed by atoms with Crippen molar-refractivity contribution in [3.63, 3.8) is 0 Å². The Morgan fingerprint density at radius 1 is 1.11 bits per heavy atom. The highest BCUT2D eigenvalue weighted by atomic mass is 32.2. The maximum atomic E-state index is 12.6. The van der Waals surface area contributed by atoms with Crippen LogP contribution in [0.5, 0.6) is 0 Å². The van der Waals surface area contributed by atoms with Gasteiger partial charge < -0.3 is 21.5 Å². The van der Waals surface area contributed by atoms with Gasteiger partial charge in [0.05, 0.1) is 18.4 Å². The number of hydrogen-bond donors (Lipinski definition) is 4. The number of nitrogens with one attached hydrogen (secondary N) is 2. The van der Waals surface area contributed by atoms with Gasteiger partial charge in [0.15, 0.2) is 5.12 Å². The molecule has 9 heteroatoms. The van der Waals surface area contributed by atoms with Gasteiger partial charge in [-0.3, -0.25) is 19.2 Å². The molecule has 0 fully saturated rings. The van der Waals surface area contributed by atoms with Crippen LogP contribution in [0.15, 0.2) is 0 Å². The second-order valence-electron chi connectivity index (χ2n) is 6.99. The van der Waals surface area contributed by atoms with E-state index in [2.05, 4.69) is 10.6 Å². The summed E-state index contributed by atoms with van der Waals surface area (Å²) in [7, 11) is 1.53. The predicted molar refractivity (Wildman–Crippen MR) is 106 cm³/mol. The number of carboxylic acids is 1. The van der Waals surface area contributed by atoms with E-state index in [4.69, 9.17) is 10.8 Å². The SMILES string of the molecule is CNC(=O)[C@@H](N)CCCCNC(=O)C(CC(C)C)C(CC(=O)O)SC(C)=O. The number of carboxylic acid groups (broad SMARTS) is 1. The molecule has 3 atom stereocenters. The van der Waals surface area contributed by atoms with Crippen LogP contribution >= 0.6 is 11.8 Å². The normalized spacial score (nSPS) is 14.3. The summed E-state index contributed by atoms with van der Waals surface area (Å²) < 4.78 is 0. The number of hydrogen-bond acceptors (Lipinski definition) is 6. The van der Waals surface area contributed by atoms with Crippen LogP contribution in [-0.4, -0.2) is 52.9 Å². The Balaban J connectivity index is 4.69. The van der Waals surface area contributed by atoms with Crippen LogP contribution in [0, 0.1) is 11.8 Å². The Labute approximate surface area is 165 Å². The van der Waals surface area contributed by atoms with E-state index in [9.17, 15) is 19.2 Å². The Kier molecular flexibility index (Phi) is 12.7. The Hall–Kier alpha value is -1.61. The first-order chi connectivity index (χ1) is 12.6. The number of thioether (sulfide) groups is 1. The van der Waals surface area contributed by atoms with Gasteiger partial charge in [-0.1, -0.05) is 25.6 Å². The minimum absolute atomic E-state index is 0.190. The molecule has 0 saturated carbocycles. The summed E-state index contributed by atoms with van der Waals surface area (Å²) in [5, 5.41) is 13.7. The minimum Gasteiger partial charge on any atom is -0.481 e. The van der Waals surface area contributed by atoms with Crippen LogP contribution in [0.4, 0.5) is 0 Å². The highest BCUT2D eigenvalue weighted by Gasteiger charge is 2.32. The fourth-order valence-electron chi connectivity index (χ4n) is 2.74. The second kappa shape index (κ2) is 13.5. The average molecular weight is 404 g/mol. The predicted octanol–water partition coefficient (Wildman–Crippen LogP) is 1.13. The number of unbranched alkanes of at least 4 members (excludes halogenated alkanes) is 1. The molecule has 0 aromatic rings. The second-order valence-corrected chi connectivity index (χ2v) is 8.41. The van der Waals surface area contributed by atoms with Crippen LogP contribution < -0.4 is 16.4 Å². The van der Waals surface area contributed by atoms with Gasteiger partial charge >= 0.3 is 5.97 Å². The number of rotatable bonds is 13. The molecule has 0 radical (unpaired) electrons. The standard InChI is InChI=1S/C18H33N3O5S/c1-11(2)9-13(15(10-16(23)24)27-12(3)22)17(25)21-8-6-5-7-14(19)18(26)20-4/h11,13-15H,5-10,19H2,1-4H3,(H,20,26)(H,21,25)(H,23,24)/t13?,14-,15?/m0/s1. The molecule has 0 aromatic heterocycles. The fraction of sp³-hybridized carbons (Fsp3) is 0.778. The summed E-state index contributed by atoms with van der Waals surface area (Å²) in [6.45, 7) is 5.70. The molecule has 0 aliphatic heterocycles. The Morgan fingerprint density at radius 3 is 2.22 bits per heavy atom. The molecule has 0 aliphatic carbocycles. The molecule has 0 spiro atoms. The number of carbonyl (C=O) groups is 4. The van der Waals surface area contributed by atoms with E-state index in [-0.39, 0.29) is 29.3 Å². The molecule has 156 valence electrons. The number of aliphatic carboxylic acids is 1. The summed E-state index contributed by atoms with van der Waals surface area (Å²) in [5.41, 5.74) is 5.72. The summed E-state index contributed by atoms with van der Waals surface area (Å²) in [6.07, 6.45) is 2.13. The van der Waals surface area contributed by atoms with E-state index in [1.165, 1.54) is 14.0 Å². The summed E-state index contributed by atoms with van der Waals surface area (Å²) >= 11 is 0.918. The molecule has 0 heterocycles. The van der Waals surface area contributed by atoms with Crippen molar-refractivity contribution in [1.82, 2.24) is 10.6 Å². The van der Waals surface area contributed by atoms with Crippen LogP contribution in [0.3, 0.4) is 0 Å². The number of carbonyl (C=O) groups excluding carboxylic acids is 3. The van der Waals surface area contributed by atoms with Gasteiger partial charge in [0, 0.05) is 25.8 Å². The molecule has 0 saturated heterocycles. The average Bonchev–Trinajstić information content (AvgIpc) is 2.56. The fourth-order valence-corrected chi connectivity index (χ4v) is 3.79. The third-order valence-corrected chi connectivity index (χ3v) is 5.16. The first-order valence-electron chi connectivity index (χ1n) is 9.22. The zero-order valence-corrected chi connectivity index (χ0v) is 17.4. The zero-order chi connectivity index (χ0) is 21.0. The zero-order valence-electron chi connectivity index (χ0n) is 16.6. The van der Waals surface area contributed by atoms with Crippen molar-refractivity contribution in [3.05, 3.63) is 0 Å². The van der Waals surface area contributed by atoms with Crippen molar-refractivity contribution in [1.29, 1.82) is 0 Å². The van der Waals surface area contributed by atoms with Crippen LogP contribution in [0.25, 0.3) is 0 Å². The lowest BCUT2D eigenvalue weighted by atomic mass is 9.91. The van der Waals surface area contributed by atoms with E-state index in [1.807, 2.05) is 13.8 Å². The van der Waals surface area contributed by atoms with E-state index >= 15 is 0 Å². The Bertz CT molecular complexity index is 497. The summed E-state index contributed by atoms with van der Waals surface area (Å²) in [4.78, 5) is 46.6. The third kappa shape index (κ3) is 11.7. The van der Waals surface area contributed by atoms with Crippen molar-refractivity contribution in [2.45, 2.75) is 64.2 Å². The lowest BCUT2D eigenvalue weighted by Crippen LogP contribution is -2.39. The monoisotopic (exact) mass is 403 g/mol. The lowest BCUT2D eigenvalue weighted by Gasteiger charge is -2.25. The molecule has 0 aliphatic rings. The molecule has 0 rings (SSSR count). The van der Waals surface area contributed by atoms with Crippen LogP contribution in [-0.2, 0) is 19.2 Å². The van der Waals surface area contributed by atoms with Crippen molar-refractivity contribution >= 4 is 34.7 Å². The third-order valence-electron chi connectivity index (χ3n) is 4.03. The Morgan fingerprint density at radius 2 is 1.74 bits per heavy atom. The molecule has 0 aromatic carbocycles. The lowest BCUT2D eigenvalue weighted by molar-refractivity contribution is -0.137. The summed E-state index contributed by atoms with van der Waals surface area (Å²) in [5.74, 6) is -1.84. The van der Waals surface area contributed by atoms with Gasteiger partial charge in [0.2, 0.25) is 11.8 Å². The van der Waals surface area contributed by atoms with E-state index in [1.54, 1.807) is 0 Å². The first-order valence-corrected chi connectivity index (χ1v) is 10.1. The van der Waals surface area contributed by atoms with Gasteiger partial charge in [0.25, 0.3) is 0 Å². The van der Waals surface area contributed by atoms with Crippen LogP contribution in [0.1, 0.15) is 52.9 Å². The van der Waals surface area contributed by atoms with Gasteiger partial charge in [-0.2, -0.15) is 0 Å². The van der Waals surface area contributed by atoms with Crippen molar-refractivity contribution in [2.75, 3.05) is 13.6 Å². The van der Waals surface area contributed by atoms with Crippen molar-refractivity contribution in [3.8, 4) is 0 Å². The first kappa shape index (κ1) is 25.4. The van der Waals surface area contributed by atoms with Gasteiger partial charge in [-0.25, -0.2) is 0 Å². The molecular weight excluding hydrogens is 370 g/mol. The van der Waals surface area contributed by atoms with Crippen molar-refractivity contribution < 1.29 is 24.3 Å². The molecule has 0 bridgehead atoms. The molecule has 2 unspecified atom stereocenters. The van der Waals surface area contributed by atoms with E-state index < -0.39 is 23.2 Å². The maximum Gasteiger partial charge on any atom is 0.304 e. The molecule has 2 amide bonds. The minimum atomic E-state index is -1.03. The van der Waals surface area contributed by atoms with Gasteiger partial charge in [-0.05, 0) is 31.6 Å². The van der Waals surface area contributed by atoms with Gasteiger partial charge in [0.1, 0.15) is 0 Å². The quantitative estimate of drug-likeness (QED) is 0.338.